The van der Waals surface area contributed by atoms with Crippen LogP contribution in [-0.2, 0) is 20.1 Å². The van der Waals surface area contributed by atoms with Crippen molar-refractivity contribution in [1.29, 1.82) is 0 Å². The van der Waals surface area contributed by atoms with Crippen molar-refractivity contribution in [2.24, 2.45) is 12.8 Å². The summed E-state index contributed by atoms with van der Waals surface area (Å²) < 4.78 is 1.62. The summed E-state index contributed by atoms with van der Waals surface area (Å²) in [6.07, 6.45) is 3.30. The van der Waals surface area contributed by atoms with E-state index < -0.39 is 0 Å². The van der Waals surface area contributed by atoms with Gasteiger partial charge in [0.05, 0.1) is 11.8 Å². The lowest BCUT2D eigenvalue weighted by Crippen LogP contribution is -2.25. The van der Waals surface area contributed by atoms with E-state index in [2.05, 4.69) is 5.10 Å². The Labute approximate surface area is 112 Å². The van der Waals surface area contributed by atoms with Crippen molar-refractivity contribution in [3.8, 4) is 0 Å². The highest BCUT2D eigenvalue weighted by Crippen LogP contribution is 2.09. The highest BCUT2D eigenvalue weighted by molar-refractivity contribution is 5.93. The molecule has 0 fully saturated rings. The van der Waals surface area contributed by atoms with Crippen LogP contribution in [0.1, 0.15) is 21.5 Å². The summed E-state index contributed by atoms with van der Waals surface area (Å²) in [7, 11) is 3.58. The molecule has 5 nitrogen and oxygen atoms in total. The van der Waals surface area contributed by atoms with Crippen LogP contribution in [0.15, 0.2) is 36.7 Å². The lowest BCUT2D eigenvalue weighted by Gasteiger charge is -2.16. The average Bonchev–Trinajstić information content (AvgIpc) is 2.85. The number of nitrogens with zero attached hydrogens (tertiary/aromatic N) is 3. The number of hydrogen-bond donors (Lipinski definition) is 1. The largest absolute Gasteiger partial charge is 0.337 e. The highest BCUT2D eigenvalue weighted by Gasteiger charge is 2.13. The van der Waals surface area contributed by atoms with Gasteiger partial charge in [-0.25, -0.2) is 0 Å². The van der Waals surface area contributed by atoms with Gasteiger partial charge in [0.2, 0.25) is 0 Å². The Balaban J connectivity index is 2.03. The van der Waals surface area contributed by atoms with E-state index in [9.17, 15) is 4.79 Å². The smallest absolute Gasteiger partial charge is 0.257 e. The molecule has 0 aliphatic heterocycles. The monoisotopic (exact) mass is 258 g/mol. The van der Waals surface area contributed by atoms with Crippen molar-refractivity contribution in [3.63, 3.8) is 0 Å². The summed E-state index contributed by atoms with van der Waals surface area (Å²) in [5, 5.41) is 4.01. The summed E-state index contributed by atoms with van der Waals surface area (Å²) in [6, 6.07) is 7.96. The summed E-state index contributed by atoms with van der Waals surface area (Å²) >= 11 is 0. The number of aromatic nitrogens is 2. The first-order chi connectivity index (χ1) is 9.10. The molecule has 2 N–H and O–H groups in total. The van der Waals surface area contributed by atoms with Gasteiger partial charge in [-0.2, -0.15) is 5.10 Å². The second-order valence-corrected chi connectivity index (χ2v) is 4.58. The van der Waals surface area contributed by atoms with Crippen LogP contribution in [-0.4, -0.2) is 27.6 Å². The molecule has 100 valence electrons. The number of rotatable bonds is 4. The molecule has 0 bridgehead atoms. The van der Waals surface area contributed by atoms with E-state index in [1.54, 1.807) is 36.1 Å². The van der Waals surface area contributed by atoms with E-state index in [-0.39, 0.29) is 5.91 Å². The number of carbonyl (C=O) groups excluding carboxylic acids is 1. The first-order valence-electron chi connectivity index (χ1n) is 6.12. The number of aryl methyl sites for hydroxylation is 1. The number of benzene rings is 1. The van der Waals surface area contributed by atoms with Crippen molar-refractivity contribution >= 4 is 5.91 Å². The molecule has 0 aliphatic carbocycles. The summed E-state index contributed by atoms with van der Waals surface area (Å²) in [6.45, 7) is 1.10. The Kier molecular flexibility index (Phi) is 3.97. The Bertz CT molecular complexity index is 559. The zero-order chi connectivity index (χ0) is 13.8. The number of nitrogens with two attached hydrogens (primary N) is 1. The molecule has 1 amide bonds. The highest BCUT2D eigenvalue weighted by atomic mass is 16.2. The van der Waals surface area contributed by atoms with Gasteiger partial charge in [-0.1, -0.05) is 24.3 Å². The van der Waals surface area contributed by atoms with E-state index in [1.807, 2.05) is 24.3 Å². The molecule has 1 aromatic heterocycles. The predicted octanol–water partition coefficient (Wildman–Crippen LogP) is 1.15. The number of amides is 1. The summed E-state index contributed by atoms with van der Waals surface area (Å²) in [5.41, 5.74) is 8.32. The van der Waals surface area contributed by atoms with Crippen molar-refractivity contribution in [1.82, 2.24) is 14.7 Å². The molecule has 2 aromatic rings. The third kappa shape index (κ3) is 3.20. The van der Waals surface area contributed by atoms with Crippen molar-refractivity contribution in [2.45, 2.75) is 13.1 Å². The van der Waals surface area contributed by atoms with Crippen molar-refractivity contribution in [2.75, 3.05) is 7.05 Å². The Morgan fingerprint density at radius 1 is 1.32 bits per heavy atom. The number of carbonyl (C=O) groups is 1. The van der Waals surface area contributed by atoms with Crippen LogP contribution in [0.25, 0.3) is 0 Å². The molecule has 0 spiro atoms. The fourth-order valence-corrected chi connectivity index (χ4v) is 1.88. The lowest BCUT2D eigenvalue weighted by atomic mass is 10.1. The van der Waals surface area contributed by atoms with Crippen molar-refractivity contribution in [3.05, 3.63) is 53.3 Å². The van der Waals surface area contributed by atoms with Crippen LogP contribution in [0.5, 0.6) is 0 Å². The van der Waals surface area contributed by atoms with Gasteiger partial charge < -0.3 is 10.6 Å². The van der Waals surface area contributed by atoms with Crippen LogP contribution in [0.3, 0.4) is 0 Å². The maximum absolute atomic E-state index is 12.1. The van der Waals surface area contributed by atoms with Crippen LogP contribution in [0.4, 0.5) is 0 Å². The fraction of sp³-hybridized carbons (Fsp3) is 0.286. The van der Waals surface area contributed by atoms with Crippen molar-refractivity contribution < 1.29 is 4.79 Å². The second kappa shape index (κ2) is 5.67. The third-order valence-corrected chi connectivity index (χ3v) is 2.98. The first kappa shape index (κ1) is 13.3. The molecule has 5 heteroatoms. The van der Waals surface area contributed by atoms with E-state index in [4.69, 9.17) is 5.73 Å². The lowest BCUT2D eigenvalue weighted by molar-refractivity contribution is 0.0785. The van der Waals surface area contributed by atoms with Gasteiger partial charge in [0.1, 0.15) is 0 Å². The zero-order valence-corrected chi connectivity index (χ0v) is 11.2. The molecule has 1 heterocycles. The molecule has 0 saturated heterocycles. The number of hydrogen-bond acceptors (Lipinski definition) is 3. The van der Waals surface area contributed by atoms with E-state index in [0.29, 0.717) is 18.7 Å². The Hall–Kier alpha value is -2.14. The second-order valence-electron chi connectivity index (χ2n) is 4.58. The normalized spacial score (nSPS) is 10.5. The molecular weight excluding hydrogens is 240 g/mol. The minimum Gasteiger partial charge on any atom is -0.337 e. The van der Waals surface area contributed by atoms with Gasteiger partial charge in [-0.05, 0) is 11.1 Å². The molecule has 19 heavy (non-hydrogen) atoms. The molecule has 0 saturated carbocycles. The molecule has 2 rings (SSSR count). The summed E-state index contributed by atoms with van der Waals surface area (Å²) in [5.74, 6) is -0.0315. The zero-order valence-electron chi connectivity index (χ0n) is 11.2. The maximum Gasteiger partial charge on any atom is 0.257 e. The topological polar surface area (TPSA) is 64.2 Å². The van der Waals surface area contributed by atoms with Gasteiger partial charge in [-0.15, -0.1) is 0 Å². The van der Waals surface area contributed by atoms with Gasteiger partial charge in [-0.3, -0.25) is 9.48 Å². The van der Waals surface area contributed by atoms with Gasteiger partial charge >= 0.3 is 0 Å². The Morgan fingerprint density at radius 3 is 2.47 bits per heavy atom. The minimum absolute atomic E-state index is 0.0315. The van der Waals surface area contributed by atoms with Crippen LogP contribution in [0, 0.1) is 0 Å². The van der Waals surface area contributed by atoms with Crippen LogP contribution >= 0.6 is 0 Å². The van der Waals surface area contributed by atoms with Gasteiger partial charge in [0, 0.05) is 33.4 Å². The van der Waals surface area contributed by atoms with Crippen LogP contribution < -0.4 is 5.73 Å². The standard InChI is InChI=1S/C14H18N4O/c1-17(14(19)13-8-16-18(2)10-13)9-12-5-3-11(7-15)4-6-12/h3-6,8,10H,7,9,15H2,1-2H3. The Morgan fingerprint density at radius 2 is 1.95 bits per heavy atom. The molecule has 0 aliphatic rings. The van der Waals surface area contributed by atoms with Gasteiger partial charge in [0.25, 0.3) is 5.91 Å². The third-order valence-electron chi connectivity index (χ3n) is 2.98. The van der Waals surface area contributed by atoms with Crippen LogP contribution in [0.2, 0.25) is 0 Å². The fourth-order valence-electron chi connectivity index (χ4n) is 1.88. The van der Waals surface area contributed by atoms with Gasteiger partial charge in [0.15, 0.2) is 0 Å². The van der Waals surface area contributed by atoms with E-state index >= 15 is 0 Å². The first-order valence-corrected chi connectivity index (χ1v) is 6.12. The van der Waals surface area contributed by atoms with E-state index in [1.165, 1.54) is 0 Å². The van der Waals surface area contributed by atoms with E-state index in [0.717, 1.165) is 11.1 Å². The molecular formula is C14H18N4O. The molecule has 1 aromatic carbocycles. The quantitative estimate of drug-likeness (QED) is 0.894. The SMILES string of the molecule is CN(Cc1ccc(CN)cc1)C(=O)c1cnn(C)c1. The minimum atomic E-state index is -0.0315. The maximum atomic E-state index is 12.1. The summed E-state index contributed by atoms with van der Waals surface area (Å²) in [4.78, 5) is 13.8. The molecule has 0 unspecified atom stereocenters. The predicted molar refractivity (Wildman–Crippen MR) is 73.3 cm³/mol. The molecule has 0 radical (unpaired) electrons. The average molecular weight is 258 g/mol. The molecule has 0 atom stereocenters.